The number of carbonyl (C=O) groups is 1. The average Bonchev–Trinajstić information content (AvgIpc) is 2.93. The summed E-state index contributed by atoms with van der Waals surface area (Å²) in [5.74, 6) is -0.935. The van der Waals surface area contributed by atoms with E-state index in [0.29, 0.717) is 13.0 Å². The number of carboxylic acid groups (broad SMARTS) is 1. The van der Waals surface area contributed by atoms with E-state index in [9.17, 15) is 4.79 Å². The van der Waals surface area contributed by atoms with Crippen molar-refractivity contribution in [1.29, 1.82) is 0 Å². The van der Waals surface area contributed by atoms with E-state index < -0.39 is 12.0 Å². The lowest BCUT2D eigenvalue weighted by molar-refractivity contribution is -0.160. The Morgan fingerprint density at radius 3 is 2.25 bits per heavy atom. The summed E-state index contributed by atoms with van der Waals surface area (Å²) in [6.45, 7) is 0.483. The van der Waals surface area contributed by atoms with E-state index in [-0.39, 0.29) is 0 Å². The Hall–Kier alpha value is -1.39. The Labute approximate surface area is 94.1 Å². The van der Waals surface area contributed by atoms with Crippen molar-refractivity contribution in [2.24, 2.45) is 0 Å². The van der Waals surface area contributed by atoms with E-state index in [0.717, 1.165) is 11.5 Å². The lowest BCUT2D eigenvalue weighted by Gasteiger charge is -2.11. The zero-order chi connectivity index (χ0) is 11.5. The molecule has 0 radical (unpaired) electrons. The van der Waals surface area contributed by atoms with Gasteiger partial charge in [-0.2, -0.15) is 5.06 Å². The number of rotatable bonds is 1. The zero-order valence-electron chi connectivity index (χ0n) is 8.97. The van der Waals surface area contributed by atoms with E-state index >= 15 is 0 Å². The maximum Gasteiger partial charge on any atom is 0.323 e. The van der Waals surface area contributed by atoms with Gasteiger partial charge in [-0.3, -0.25) is 4.79 Å². The maximum atomic E-state index is 10.2. The number of aliphatic carboxylic acids is 1. The SMILES string of the molecule is O=C(O)C1CCCN1O.c1ccc2c(c1)C2. The third-order valence-electron chi connectivity index (χ3n) is 2.88. The fraction of sp³-hybridized carbons (Fsp3) is 0.417. The molecule has 3 rings (SSSR count). The predicted molar refractivity (Wildman–Crippen MR) is 58.4 cm³/mol. The van der Waals surface area contributed by atoms with E-state index in [1.54, 1.807) is 0 Å². The lowest BCUT2D eigenvalue weighted by Crippen LogP contribution is -2.32. The van der Waals surface area contributed by atoms with Gasteiger partial charge in [-0.25, -0.2) is 0 Å². The molecular weight excluding hydrogens is 206 g/mol. The largest absolute Gasteiger partial charge is 0.480 e. The molecule has 1 heterocycles. The van der Waals surface area contributed by atoms with Crippen molar-refractivity contribution in [2.45, 2.75) is 25.3 Å². The van der Waals surface area contributed by atoms with Crippen LogP contribution in [-0.2, 0) is 11.2 Å². The second-order valence-corrected chi connectivity index (χ2v) is 4.10. The Morgan fingerprint density at radius 1 is 1.31 bits per heavy atom. The van der Waals surface area contributed by atoms with Gasteiger partial charge in [0, 0.05) is 6.54 Å². The first kappa shape index (κ1) is 11.1. The highest BCUT2D eigenvalue weighted by Crippen LogP contribution is 2.25. The average molecular weight is 221 g/mol. The second-order valence-electron chi connectivity index (χ2n) is 4.10. The smallest absolute Gasteiger partial charge is 0.323 e. The first-order valence-electron chi connectivity index (χ1n) is 5.43. The summed E-state index contributed by atoms with van der Waals surface area (Å²) in [5, 5.41) is 18.1. The Balaban J connectivity index is 0.000000123. The zero-order valence-corrected chi connectivity index (χ0v) is 8.97. The molecule has 0 spiro atoms. The van der Waals surface area contributed by atoms with E-state index in [1.165, 1.54) is 17.5 Å². The van der Waals surface area contributed by atoms with Gasteiger partial charge >= 0.3 is 5.97 Å². The van der Waals surface area contributed by atoms with Crippen LogP contribution in [0.25, 0.3) is 0 Å². The third-order valence-corrected chi connectivity index (χ3v) is 2.88. The molecule has 1 aromatic carbocycles. The predicted octanol–water partition coefficient (Wildman–Crippen LogP) is 1.52. The molecule has 0 bridgehead atoms. The van der Waals surface area contributed by atoms with Crippen LogP contribution < -0.4 is 0 Å². The summed E-state index contributed by atoms with van der Waals surface area (Å²) in [4.78, 5) is 10.2. The van der Waals surface area contributed by atoms with Crippen molar-refractivity contribution in [3.63, 3.8) is 0 Å². The van der Waals surface area contributed by atoms with E-state index in [2.05, 4.69) is 24.3 Å². The molecule has 1 saturated heterocycles. The number of nitrogens with zero attached hydrogens (tertiary/aromatic N) is 1. The number of hydrogen-bond donors (Lipinski definition) is 2. The fourth-order valence-corrected chi connectivity index (χ4v) is 1.84. The first-order chi connectivity index (χ1) is 7.68. The van der Waals surface area contributed by atoms with Crippen LogP contribution in [0.4, 0.5) is 0 Å². The second kappa shape index (κ2) is 4.63. The third kappa shape index (κ3) is 2.59. The van der Waals surface area contributed by atoms with Gasteiger partial charge in [0.2, 0.25) is 0 Å². The van der Waals surface area contributed by atoms with Gasteiger partial charge in [0.1, 0.15) is 6.04 Å². The van der Waals surface area contributed by atoms with Gasteiger partial charge in [0.15, 0.2) is 0 Å². The molecule has 4 nitrogen and oxygen atoms in total. The van der Waals surface area contributed by atoms with Gasteiger partial charge in [-0.1, -0.05) is 24.3 Å². The molecule has 1 aliphatic carbocycles. The minimum absolute atomic E-state index is 0.483. The van der Waals surface area contributed by atoms with Crippen molar-refractivity contribution in [2.75, 3.05) is 6.54 Å². The van der Waals surface area contributed by atoms with Crippen LogP contribution in [0.5, 0.6) is 0 Å². The van der Waals surface area contributed by atoms with Crippen LogP contribution in [0.2, 0.25) is 0 Å². The molecule has 1 fully saturated rings. The van der Waals surface area contributed by atoms with Crippen LogP contribution in [0.1, 0.15) is 24.0 Å². The summed E-state index contributed by atoms with van der Waals surface area (Å²) in [5.41, 5.74) is 3.06. The van der Waals surface area contributed by atoms with Crippen molar-refractivity contribution in [3.8, 4) is 0 Å². The summed E-state index contributed by atoms with van der Waals surface area (Å²) in [6, 6.07) is 7.87. The monoisotopic (exact) mass is 221 g/mol. The van der Waals surface area contributed by atoms with Gasteiger partial charge in [-0.15, -0.1) is 0 Å². The van der Waals surface area contributed by atoms with E-state index in [4.69, 9.17) is 10.3 Å². The molecule has 86 valence electrons. The number of benzene rings is 1. The van der Waals surface area contributed by atoms with Gasteiger partial charge in [0.05, 0.1) is 0 Å². The Bertz CT molecular complexity index is 371. The van der Waals surface area contributed by atoms with E-state index in [1.807, 2.05) is 0 Å². The van der Waals surface area contributed by atoms with Crippen LogP contribution in [0, 0.1) is 0 Å². The Morgan fingerprint density at radius 2 is 1.94 bits per heavy atom. The van der Waals surface area contributed by atoms with Crippen LogP contribution >= 0.6 is 0 Å². The molecule has 1 aliphatic heterocycles. The molecule has 0 saturated carbocycles. The molecule has 1 atom stereocenters. The summed E-state index contributed by atoms with van der Waals surface area (Å²) < 4.78 is 0. The normalized spacial score (nSPS) is 21.9. The van der Waals surface area contributed by atoms with Crippen molar-refractivity contribution < 1.29 is 15.1 Å². The highest BCUT2D eigenvalue weighted by Gasteiger charge is 2.28. The van der Waals surface area contributed by atoms with Gasteiger partial charge in [-0.05, 0) is 30.4 Å². The minimum atomic E-state index is -0.935. The molecule has 1 aromatic rings. The van der Waals surface area contributed by atoms with Crippen LogP contribution in [0.3, 0.4) is 0 Å². The number of hydrogen-bond acceptors (Lipinski definition) is 3. The summed E-state index contributed by atoms with van der Waals surface area (Å²) in [6.07, 6.45) is 2.58. The van der Waals surface area contributed by atoms with Crippen LogP contribution in [0.15, 0.2) is 24.3 Å². The molecule has 16 heavy (non-hydrogen) atoms. The van der Waals surface area contributed by atoms with Crippen molar-refractivity contribution >= 4 is 5.97 Å². The maximum absolute atomic E-state index is 10.2. The molecule has 2 aliphatic rings. The first-order valence-corrected chi connectivity index (χ1v) is 5.43. The number of fused-ring (bicyclic) bond motifs is 1. The number of hydroxylamine groups is 2. The standard InChI is InChI=1S/C7H6.C5H9NO3/c1-2-4-7-5-6(7)3-1;7-5(8)4-2-1-3-6(4)9/h1-4H,5H2;4,9H,1-3H2,(H,7,8). The topological polar surface area (TPSA) is 60.8 Å². The summed E-state index contributed by atoms with van der Waals surface area (Å²) >= 11 is 0. The molecule has 4 heteroatoms. The van der Waals surface area contributed by atoms with Gasteiger partial charge < -0.3 is 10.3 Å². The summed E-state index contributed by atoms with van der Waals surface area (Å²) in [7, 11) is 0. The molecule has 2 N–H and O–H groups in total. The fourth-order valence-electron chi connectivity index (χ4n) is 1.84. The highest BCUT2D eigenvalue weighted by atomic mass is 16.5. The lowest BCUT2D eigenvalue weighted by atomic mass is 10.2. The molecule has 0 aromatic heterocycles. The minimum Gasteiger partial charge on any atom is -0.480 e. The van der Waals surface area contributed by atoms with Crippen molar-refractivity contribution in [3.05, 3.63) is 35.4 Å². The molecule has 0 amide bonds. The van der Waals surface area contributed by atoms with Crippen LogP contribution in [-0.4, -0.2) is 33.9 Å². The molecular formula is C12H15NO3. The highest BCUT2D eigenvalue weighted by molar-refractivity contribution is 5.73. The van der Waals surface area contributed by atoms with Gasteiger partial charge in [0.25, 0.3) is 0 Å². The molecule has 1 unspecified atom stereocenters. The quantitative estimate of drug-likeness (QED) is 0.766. The van der Waals surface area contributed by atoms with Crippen molar-refractivity contribution in [1.82, 2.24) is 5.06 Å². The number of carboxylic acids is 1. The Kier molecular flexibility index (Phi) is 3.22.